The lowest BCUT2D eigenvalue weighted by Gasteiger charge is -2.20. The lowest BCUT2D eigenvalue weighted by Crippen LogP contribution is -2.29. The van der Waals surface area contributed by atoms with Gasteiger partial charge in [-0.3, -0.25) is 9.48 Å². The highest BCUT2D eigenvalue weighted by Gasteiger charge is 2.28. The fraction of sp³-hybridized carbons (Fsp3) is 0.750. The smallest absolute Gasteiger partial charge is 0.271 e. The molecule has 2 N–H and O–H groups in total. The predicted molar refractivity (Wildman–Crippen MR) is 82.2 cm³/mol. The second-order valence-corrected chi connectivity index (χ2v) is 7.29. The molecule has 2 rings (SSSR count). The maximum atomic E-state index is 12.2. The molecule has 1 atom stereocenters. The normalized spacial score (nSPS) is 16.8. The fourth-order valence-electron chi connectivity index (χ4n) is 2.24. The van der Waals surface area contributed by atoms with Crippen LogP contribution in [0.15, 0.2) is 6.07 Å². The molecule has 5 nitrogen and oxygen atoms in total. The number of rotatable bonds is 6. The minimum Gasteiger partial charge on any atom is -0.396 e. The third-order valence-corrected chi connectivity index (χ3v) is 3.83. The summed E-state index contributed by atoms with van der Waals surface area (Å²) in [4.78, 5) is 12.2. The third-order valence-electron chi connectivity index (χ3n) is 3.83. The van der Waals surface area contributed by atoms with Gasteiger partial charge in [0.05, 0.1) is 0 Å². The number of aromatic nitrogens is 2. The summed E-state index contributed by atoms with van der Waals surface area (Å²) in [6.45, 7) is 9.77. The second-order valence-electron chi connectivity index (χ2n) is 7.29. The van der Waals surface area contributed by atoms with Crippen molar-refractivity contribution in [1.29, 1.82) is 0 Å². The Morgan fingerprint density at radius 3 is 2.71 bits per heavy atom. The zero-order chi connectivity index (χ0) is 15.6. The van der Waals surface area contributed by atoms with Crippen molar-refractivity contribution in [2.45, 2.75) is 52.5 Å². The minimum atomic E-state index is -0.157. The molecule has 0 aliphatic heterocycles. The third kappa shape index (κ3) is 4.30. The Hall–Kier alpha value is -1.36. The first kappa shape index (κ1) is 16.0. The first-order valence-electron chi connectivity index (χ1n) is 7.78. The number of carbonyl (C=O) groups is 1. The molecule has 0 bridgehead atoms. The summed E-state index contributed by atoms with van der Waals surface area (Å²) in [6.07, 6.45) is 2.53. The van der Waals surface area contributed by atoms with Gasteiger partial charge in [0, 0.05) is 30.8 Å². The summed E-state index contributed by atoms with van der Waals surface area (Å²) in [7, 11) is 0. The van der Waals surface area contributed by atoms with Crippen molar-refractivity contribution < 1.29 is 9.90 Å². The zero-order valence-corrected chi connectivity index (χ0v) is 13.5. The van der Waals surface area contributed by atoms with E-state index in [0.717, 1.165) is 18.2 Å². The number of hydrogen-bond acceptors (Lipinski definition) is 3. The molecule has 1 aliphatic rings. The van der Waals surface area contributed by atoms with Gasteiger partial charge in [0.15, 0.2) is 0 Å². The Labute approximate surface area is 126 Å². The van der Waals surface area contributed by atoms with Crippen LogP contribution in [0.25, 0.3) is 0 Å². The molecule has 1 saturated carbocycles. The van der Waals surface area contributed by atoms with Crippen molar-refractivity contribution in [2.24, 2.45) is 11.8 Å². The van der Waals surface area contributed by atoms with E-state index in [9.17, 15) is 4.79 Å². The predicted octanol–water partition coefficient (Wildman–Crippen LogP) is 1.95. The van der Waals surface area contributed by atoms with E-state index in [-0.39, 0.29) is 23.8 Å². The van der Waals surface area contributed by atoms with E-state index < -0.39 is 0 Å². The van der Waals surface area contributed by atoms with Crippen LogP contribution in [0.4, 0.5) is 0 Å². The fourth-order valence-corrected chi connectivity index (χ4v) is 2.24. The summed E-state index contributed by atoms with van der Waals surface area (Å²) < 4.78 is 2.00. The molecule has 1 fully saturated rings. The number of aliphatic hydroxyl groups excluding tert-OH is 1. The highest BCUT2D eigenvalue weighted by molar-refractivity contribution is 5.92. The summed E-state index contributed by atoms with van der Waals surface area (Å²) in [5.41, 5.74) is 1.55. The van der Waals surface area contributed by atoms with Crippen LogP contribution in [0.3, 0.4) is 0 Å². The van der Waals surface area contributed by atoms with Gasteiger partial charge < -0.3 is 10.4 Å². The number of nitrogens with one attached hydrogen (secondary N) is 1. The molecule has 1 aromatic rings. The van der Waals surface area contributed by atoms with Crippen molar-refractivity contribution in [3.63, 3.8) is 0 Å². The average molecular weight is 293 g/mol. The molecule has 0 spiro atoms. The van der Waals surface area contributed by atoms with Crippen molar-refractivity contribution in [1.82, 2.24) is 15.1 Å². The highest BCUT2D eigenvalue weighted by atomic mass is 16.3. The van der Waals surface area contributed by atoms with Gasteiger partial charge in [0.25, 0.3) is 5.91 Å². The topological polar surface area (TPSA) is 67.2 Å². The van der Waals surface area contributed by atoms with Crippen molar-refractivity contribution >= 4 is 5.91 Å². The van der Waals surface area contributed by atoms with Crippen molar-refractivity contribution in [3.05, 3.63) is 17.5 Å². The van der Waals surface area contributed by atoms with Crippen LogP contribution in [-0.4, -0.2) is 33.9 Å². The molecule has 5 heteroatoms. The molecule has 1 aliphatic carbocycles. The Morgan fingerprint density at radius 1 is 1.52 bits per heavy atom. The van der Waals surface area contributed by atoms with E-state index in [4.69, 9.17) is 5.11 Å². The molecule has 0 aromatic carbocycles. The standard InChI is InChI=1S/C16H27N3O2/c1-11(10-20)8-17-15(21)13-7-14(16(2,3)4)19(18-13)9-12-5-6-12/h7,11-12,20H,5-6,8-10H2,1-4H3,(H,17,21). The van der Waals surface area contributed by atoms with Gasteiger partial charge in [-0.05, 0) is 30.7 Å². The van der Waals surface area contributed by atoms with E-state index in [1.54, 1.807) is 0 Å². The van der Waals surface area contributed by atoms with Crippen LogP contribution in [0.5, 0.6) is 0 Å². The highest BCUT2D eigenvalue weighted by Crippen LogP contribution is 2.32. The molecule has 1 aromatic heterocycles. The lowest BCUT2D eigenvalue weighted by atomic mass is 9.91. The first-order chi connectivity index (χ1) is 9.81. The van der Waals surface area contributed by atoms with E-state index in [1.807, 2.05) is 17.7 Å². The van der Waals surface area contributed by atoms with Gasteiger partial charge in [-0.15, -0.1) is 0 Å². The lowest BCUT2D eigenvalue weighted by molar-refractivity contribution is 0.0936. The molecule has 21 heavy (non-hydrogen) atoms. The summed E-state index contributed by atoms with van der Waals surface area (Å²) in [5.74, 6) is 0.622. The van der Waals surface area contributed by atoms with E-state index in [0.29, 0.717) is 12.2 Å². The summed E-state index contributed by atoms with van der Waals surface area (Å²) >= 11 is 0. The Bertz CT molecular complexity index is 498. The number of nitrogens with zero attached hydrogens (tertiary/aromatic N) is 2. The first-order valence-corrected chi connectivity index (χ1v) is 7.78. The molecule has 1 amide bonds. The Morgan fingerprint density at radius 2 is 2.19 bits per heavy atom. The van der Waals surface area contributed by atoms with E-state index >= 15 is 0 Å². The number of aliphatic hydroxyl groups is 1. The second kappa shape index (κ2) is 6.18. The molecule has 118 valence electrons. The Balaban J connectivity index is 2.12. The van der Waals surface area contributed by atoms with Crippen LogP contribution in [0.1, 0.15) is 56.7 Å². The van der Waals surface area contributed by atoms with Crippen LogP contribution < -0.4 is 5.32 Å². The van der Waals surface area contributed by atoms with Gasteiger partial charge in [-0.25, -0.2) is 0 Å². The molecular formula is C16H27N3O2. The quantitative estimate of drug-likeness (QED) is 0.842. The molecule has 0 radical (unpaired) electrons. The molecular weight excluding hydrogens is 266 g/mol. The van der Waals surface area contributed by atoms with E-state index in [1.165, 1.54) is 12.8 Å². The van der Waals surface area contributed by atoms with Gasteiger partial charge >= 0.3 is 0 Å². The van der Waals surface area contributed by atoms with Crippen LogP contribution in [0, 0.1) is 11.8 Å². The largest absolute Gasteiger partial charge is 0.396 e. The van der Waals surface area contributed by atoms with Crippen molar-refractivity contribution in [3.8, 4) is 0 Å². The zero-order valence-electron chi connectivity index (χ0n) is 13.5. The van der Waals surface area contributed by atoms with Gasteiger partial charge in [0.1, 0.15) is 5.69 Å². The van der Waals surface area contributed by atoms with Crippen LogP contribution in [0.2, 0.25) is 0 Å². The van der Waals surface area contributed by atoms with Gasteiger partial charge in [0.2, 0.25) is 0 Å². The van der Waals surface area contributed by atoms with Crippen molar-refractivity contribution in [2.75, 3.05) is 13.2 Å². The van der Waals surface area contributed by atoms with Crippen LogP contribution in [-0.2, 0) is 12.0 Å². The molecule has 0 saturated heterocycles. The number of hydrogen-bond donors (Lipinski definition) is 2. The van der Waals surface area contributed by atoms with Gasteiger partial charge in [-0.2, -0.15) is 5.10 Å². The summed E-state index contributed by atoms with van der Waals surface area (Å²) in [6, 6.07) is 1.90. The van der Waals surface area contributed by atoms with Gasteiger partial charge in [-0.1, -0.05) is 27.7 Å². The monoisotopic (exact) mass is 293 g/mol. The molecule has 1 unspecified atom stereocenters. The number of carbonyl (C=O) groups excluding carboxylic acids is 1. The maximum Gasteiger partial charge on any atom is 0.271 e. The average Bonchev–Trinajstić information content (AvgIpc) is 3.11. The minimum absolute atomic E-state index is 0.0290. The summed E-state index contributed by atoms with van der Waals surface area (Å²) in [5, 5.41) is 16.3. The van der Waals surface area contributed by atoms with E-state index in [2.05, 4.69) is 31.2 Å². The molecule has 1 heterocycles. The van der Waals surface area contributed by atoms with Crippen LogP contribution >= 0.6 is 0 Å². The maximum absolute atomic E-state index is 12.2. The number of amides is 1. The Kier molecular flexibility index (Phi) is 4.71. The SMILES string of the molecule is CC(CO)CNC(=O)c1cc(C(C)(C)C)n(CC2CC2)n1.